The maximum absolute atomic E-state index is 12.6. The standard InChI is InChI=1S/C27H28N2O5/c1-31-21-13-11-20(10-9-18-15-24(32-2)27(34-4)25(16-18)33-3)23(17-21)29-26(30)14-12-19-7-5-6-8-22(19)28/h5-17H,28H2,1-4H3,(H,29,30)/b10-9?,14-12+. The molecule has 0 unspecified atom stereocenters. The second-order valence-corrected chi connectivity index (χ2v) is 7.20. The lowest BCUT2D eigenvalue weighted by molar-refractivity contribution is -0.111. The number of nitrogens with one attached hydrogen (secondary N) is 1. The molecule has 0 saturated heterocycles. The molecule has 0 fully saturated rings. The Morgan fingerprint density at radius 2 is 1.50 bits per heavy atom. The third-order valence-corrected chi connectivity index (χ3v) is 5.07. The molecule has 3 aromatic rings. The molecule has 0 radical (unpaired) electrons. The van der Waals surface area contributed by atoms with Gasteiger partial charge >= 0.3 is 0 Å². The highest BCUT2D eigenvalue weighted by molar-refractivity contribution is 6.03. The van der Waals surface area contributed by atoms with Gasteiger partial charge in [-0.05, 0) is 53.1 Å². The maximum Gasteiger partial charge on any atom is 0.248 e. The summed E-state index contributed by atoms with van der Waals surface area (Å²) in [4.78, 5) is 12.6. The molecule has 3 aromatic carbocycles. The molecule has 3 N–H and O–H groups in total. The van der Waals surface area contributed by atoms with Crippen LogP contribution in [0.5, 0.6) is 23.0 Å². The first-order chi connectivity index (χ1) is 16.5. The van der Waals surface area contributed by atoms with Crippen LogP contribution in [0.15, 0.2) is 60.7 Å². The Labute approximate surface area is 199 Å². The minimum atomic E-state index is -0.293. The summed E-state index contributed by atoms with van der Waals surface area (Å²) >= 11 is 0. The number of nitrogen functional groups attached to an aromatic ring is 1. The van der Waals surface area contributed by atoms with E-state index in [9.17, 15) is 4.79 Å². The Morgan fingerprint density at radius 3 is 2.12 bits per heavy atom. The molecule has 0 bridgehead atoms. The van der Waals surface area contributed by atoms with Gasteiger partial charge in [0, 0.05) is 17.8 Å². The second kappa shape index (κ2) is 11.5. The number of para-hydroxylation sites is 1. The molecule has 7 nitrogen and oxygen atoms in total. The summed E-state index contributed by atoms with van der Waals surface area (Å²) in [6, 6.07) is 16.5. The highest BCUT2D eigenvalue weighted by atomic mass is 16.5. The lowest BCUT2D eigenvalue weighted by Gasteiger charge is -2.13. The van der Waals surface area contributed by atoms with Gasteiger partial charge in [-0.25, -0.2) is 0 Å². The van der Waals surface area contributed by atoms with Gasteiger partial charge in [-0.15, -0.1) is 0 Å². The van der Waals surface area contributed by atoms with Crippen LogP contribution in [-0.4, -0.2) is 34.3 Å². The summed E-state index contributed by atoms with van der Waals surface area (Å²) < 4.78 is 21.5. The van der Waals surface area contributed by atoms with E-state index in [-0.39, 0.29) is 5.91 Å². The number of anilines is 2. The molecule has 3 rings (SSSR count). The van der Waals surface area contributed by atoms with E-state index in [4.69, 9.17) is 24.7 Å². The number of carbonyl (C=O) groups excluding carboxylic acids is 1. The van der Waals surface area contributed by atoms with Crippen molar-refractivity contribution in [1.82, 2.24) is 0 Å². The number of hydrogen-bond donors (Lipinski definition) is 2. The van der Waals surface area contributed by atoms with Crippen LogP contribution in [-0.2, 0) is 4.79 Å². The van der Waals surface area contributed by atoms with Crippen molar-refractivity contribution >= 4 is 35.5 Å². The number of rotatable bonds is 9. The van der Waals surface area contributed by atoms with Crippen molar-refractivity contribution in [2.75, 3.05) is 39.5 Å². The number of amides is 1. The zero-order valence-corrected chi connectivity index (χ0v) is 19.6. The van der Waals surface area contributed by atoms with Crippen LogP contribution in [0.25, 0.3) is 18.2 Å². The molecule has 0 saturated carbocycles. The Balaban J connectivity index is 1.88. The monoisotopic (exact) mass is 460 g/mol. The average Bonchev–Trinajstić information content (AvgIpc) is 2.86. The fourth-order valence-electron chi connectivity index (χ4n) is 3.30. The molecule has 0 spiro atoms. The maximum atomic E-state index is 12.6. The van der Waals surface area contributed by atoms with Crippen LogP contribution >= 0.6 is 0 Å². The molecule has 0 aliphatic heterocycles. The number of carbonyl (C=O) groups is 1. The van der Waals surface area contributed by atoms with E-state index in [1.54, 1.807) is 46.6 Å². The van der Waals surface area contributed by atoms with Crippen molar-refractivity contribution in [2.24, 2.45) is 0 Å². The van der Waals surface area contributed by atoms with Crippen molar-refractivity contribution in [3.63, 3.8) is 0 Å². The van der Waals surface area contributed by atoms with Gasteiger partial charge in [0.1, 0.15) is 5.75 Å². The molecule has 0 aliphatic rings. The van der Waals surface area contributed by atoms with Crippen LogP contribution in [0.1, 0.15) is 16.7 Å². The van der Waals surface area contributed by atoms with E-state index in [1.807, 2.05) is 54.6 Å². The van der Waals surface area contributed by atoms with Gasteiger partial charge in [0.05, 0.1) is 34.1 Å². The molecule has 0 heterocycles. The third-order valence-electron chi connectivity index (χ3n) is 5.07. The minimum absolute atomic E-state index is 0.293. The number of nitrogens with two attached hydrogens (primary N) is 1. The van der Waals surface area contributed by atoms with Gasteiger partial charge in [-0.1, -0.05) is 30.4 Å². The molecular weight excluding hydrogens is 432 g/mol. The van der Waals surface area contributed by atoms with Gasteiger partial charge in [0.15, 0.2) is 11.5 Å². The van der Waals surface area contributed by atoms with Crippen LogP contribution in [0, 0.1) is 0 Å². The fourth-order valence-corrected chi connectivity index (χ4v) is 3.30. The summed E-state index contributed by atoms with van der Waals surface area (Å²) in [6.07, 6.45) is 6.89. The number of methoxy groups -OCH3 is 4. The van der Waals surface area contributed by atoms with Crippen LogP contribution in [0.4, 0.5) is 11.4 Å². The molecule has 0 aromatic heterocycles. The van der Waals surface area contributed by atoms with E-state index in [1.165, 1.54) is 6.08 Å². The Bertz CT molecular complexity index is 1190. The zero-order chi connectivity index (χ0) is 24.5. The smallest absolute Gasteiger partial charge is 0.248 e. The van der Waals surface area contributed by atoms with Crippen molar-refractivity contribution in [2.45, 2.75) is 0 Å². The third kappa shape index (κ3) is 5.89. The highest BCUT2D eigenvalue weighted by Gasteiger charge is 2.12. The van der Waals surface area contributed by atoms with Gasteiger partial charge in [0.25, 0.3) is 0 Å². The topological polar surface area (TPSA) is 92.0 Å². The minimum Gasteiger partial charge on any atom is -0.497 e. The van der Waals surface area contributed by atoms with Crippen molar-refractivity contribution in [3.8, 4) is 23.0 Å². The average molecular weight is 461 g/mol. The predicted molar refractivity (Wildman–Crippen MR) is 137 cm³/mol. The number of benzene rings is 3. The summed E-state index contributed by atoms with van der Waals surface area (Å²) in [5.41, 5.74) is 9.53. The van der Waals surface area contributed by atoms with Crippen molar-refractivity contribution in [1.29, 1.82) is 0 Å². The lowest BCUT2D eigenvalue weighted by Crippen LogP contribution is -2.09. The van der Waals surface area contributed by atoms with Crippen LogP contribution in [0.2, 0.25) is 0 Å². The lowest BCUT2D eigenvalue weighted by atomic mass is 10.1. The predicted octanol–water partition coefficient (Wildman–Crippen LogP) is 5.13. The first-order valence-electron chi connectivity index (χ1n) is 10.5. The molecule has 34 heavy (non-hydrogen) atoms. The molecule has 7 heteroatoms. The summed E-state index contributed by atoms with van der Waals surface area (Å²) in [6.45, 7) is 0. The van der Waals surface area contributed by atoms with Gasteiger partial charge in [0.2, 0.25) is 11.7 Å². The van der Waals surface area contributed by atoms with E-state index in [0.29, 0.717) is 34.4 Å². The Hall–Kier alpha value is -4.39. The van der Waals surface area contributed by atoms with Crippen molar-refractivity contribution < 1.29 is 23.7 Å². The first-order valence-corrected chi connectivity index (χ1v) is 10.5. The first kappa shape index (κ1) is 24.3. The fraction of sp³-hybridized carbons (Fsp3) is 0.148. The summed E-state index contributed by atoms with van der Waals surface area (Å²) in [7, 11) is 6.27. The number of hydrogen-bond acceptors (Lipinski definition) is 6. The van der Waals surface area contributed by atoms with E-state index in [0.717, 1.165) is 16.7 Å². The van der Waals surface area contributed by atoms with Gasteiger partial charge in [-0.3, -0.25) is 4.79 Å². The van der Waals surface area contributed by atoms with E-state index in [2.05, 4.69) is 5.32 Å². The summed E-state index contributed by atoms with van der Waals surface area (Å²) in [5, 5.41) is 2.91. The largest absolute Gasteiger partial charge is 0.497 e. The van der Waals surface area contributed by atoms with Crippen LogP contribution < -0.4 is 30.0 Å². The SMILES string of the molecule is COc1ccc(C=Cc2cc(OC)c(OC)c(OC)c2)c(NC(=O)/C=C/c2ccccc2N)c1. The van der Waals surface area contributed by atoms with Gasteiger partial charge < -0.3 is 30.0 Å². The van der Waals surface area contributed by atoms with Crippen molar-refractivity contribution in [3.05, 3.63) is 77.4 Å². The quantitative estimate of drug-likeness (QED) is 0.261. The van der Waals surface area contributed by atoms with Crippen LogP contribution in [0.3, 0.4) is 0 Å². The zero-order valence-electron chi connectivity index (χ0n) is 19.6. The molecular formula is C27H28N2O5. The molecule has 176 valence electrons. The number of ether oxygens (including phenoxy) is 4. The second-order valence-electron chi connectivity index (χ2n) is 7.20. The Morgan fingerprint density at radius 1 is 0.794 bits per heavy atom. The van der Waals surface area contributed by atoms with Gasteiger partial charge in [-0.2, -0.15) is 0 Å². The molecule has 1 amide bonds. The summed E-state index contributed by atoms with van der Waals surface area (Å²) in [5.74, 6) is 1.95. The van der Waals surface area contributed by atoms with E-state index >= 15 is 0 Å². The molecule has 0 atom stereocenters. The normalized spacial score (nSPS) is 10.9. The Kier molecular flexibility index (Phi) is 8.18. The highest BCUT2D eigenvalue weighted by Crippen LogP contribution is 2.38. The van der Waals surface area contributed by atoms with E-state index < -0.39 is 0 Å². The molecule has 0 aliphatic carbocycles.